The van der Waals surface area contributed by atoms with Crippen molar-refractivity contribution in [1.29, 1.82) is 0 Å². The van der Waals surface area contributed by atoms with E-state index in [0.29, 0.717) is 13.2 Å². The van der Waals surface area contributed by atoms with Gasteiger partial charge >= 0.3 is 0 Å². The number of anilines is 1. The largest absolute Gasteiger partial charge is 0.368 e. The summed E-state index contributed by atoms with van der Waals surface area (Å²) in [4.78, 5) is 16.0. The van der Waals surface area contributed by atoms with E-state index in [9.17, 15) is 4.39 Å². The molecule has 27 heavy (non-hydrogen) atoms. The van der Waals surface area contributed by atoms with Crippen LogP contribution in [0.1, 0.15) is 23.2 Å². The monoisotopic (exact) mass is 364 g/mol. The molecular formula is C21H21FN4O. The lowest BCUT2D eigenvalue weighted by atomic mass is 10.1. The van der Waals surface area contributed by atoms with Crippen molar-refractivity contribution in [1.82, 2.24) is 15.0 Å². The molecular weight excluding hydrogens is 343 g/mol. The zero-order valence-corrected chi connectivity index (χ0v) is 15.4. The Labute approximate surface area is 157 Å². The molecule has 5 nitrogen and oxygen atoms in total. The average Bonchev–Trinajstić information content (AvgIpc) is 2.67. The van der Waals surface area contributed by atoms with Crippen LogP contribution in [0.3, 0.4) is 0 Å². The van der Waals surface area contributed by atoms with Gasteiger partial charge in [-0.15, -0.1) is 0 Å². The maximum Gasteiger partial charge on any atom is 0.225 e. The number of morpholine rings is 1. The molecule has 1 atom stereocenters. The number of benzene rings is 1. The third-order valence-electron chi connectivity index (χ3n) is 4.54. The van der Waals surface area contributed by atoms with Gasteiger partial charge in [-0.3, -0.25) is 0 Å². The Morgan fingerprint density at radius 3 is 2.56 bits per heavy atom. The predicted octanol–water partition coefficient (Wildman–Crippen LogP) is 3.87. The molecule has 4 rings (SSSR count). The summed E-state index contributed by atoms with van der Waals surface area (Å²) < 4.78 is 19.5. The molecule has 2 aromatic heterocycles. The molecule has 1 aromatic carbocycles. The second kappa shape index (κ2) is 7.40. The molecule has 138 valence electrons. The molecule has 0 saturated carbocycles. The van der Waals surface area contributed by atoms with Crippen molar-refractivity contribution in [2.45, 2.75) is 20.0 Å². The molecule has 0 aliphatic carbocycles. The number of aryl methyl sites for hydroxylation is 2. The van der Waals surface area contributed by atoms with Crippen molar-refractivity contribution < 1.29 is 9.13 Å². The Balaban J connectivity index is 1.59. The molecule has 0 spiro atoms. The fraction of sp³-hybridized carbons (Fsp3) is 0.286. The first-order valence-corrected chi connectivity index (χ1v) is 9.00. The molecule has 1 fully saturated rings. The number of nitrogens with zero attached hydrogens (tertiary/aromatic N) is 4. The zero-order valence-electron chi connectivity index (χ0n) is 15.4. The molecule has 0 bridgehead atoms. The second-order valence-electron chi connectivity index (χ2n) is 6.71. The van der Waals surface area contributed by atoms with Gasteiger partial charge in [0, 0.05) is 23.5 Å². The van der Waals surface area contributed by atoms with E-state index in [2.05, 4.69) is 14.9 Å². The summed E-state index contributed by atoms with van der Waals surface area (Å²) in [5, 5.41) is 0. The third-order valence-corrected chi connectivity index (χ3v) is 4.54. The summed E-state index contributed by atoms with van der Waals surface area (Å²) in [5.41, 5.74) is 4.21. The van der Waals surface area contributed by atoms with Gasteiger partial charge in [-0.2, -0.15) is 0 Å². The van der Waals surface area contributed by atoms with Crippen molar-refractivity contribution >= 4 is 5.95 Å². The van der Waals surface area contributed by atoms with Crippen LogP contribution >= 0.6 is 0 Å². The highest BCUT2D eigenvalue weighted by molar-refractivity contribution is 5.59. The number of aromatic nitrogens is 3. The summed E-state index contributed by atoms with van der Waals surface area (Å²) in [6, 6.07) is 14.2. The predicted molar refractivity (Wildman–Crippen MR) is 102 cm³/mol. The lowest BCUT2D eigenvalue weighted by molar-refractivity contribution is 0.0365. The van der Waals surface area contributed by atoms with Crippen LogP contribution in [0.5, 0.6) is 0 Å². The van der Waals surface area contributed by atoms with E-state index in [1.165, 1.54) is 12.1 Å². The Hall–Kier alpha value is -2.86. The van der Waals surface area contributed by atoms with Crippen molar-refractivity contribution in [3.8, 4) is 11.3 Å². The highest BCUT2D eigenvalue weighted by Gasteiger charge is 2.25. The van der Waals surface area contributed by atoms with Crippen LogP contribution in [0.25, 0.3) is 11.3 Å². The van der Waals surface area contributed by atoms with Gasteiger partial charge in [-0.05, 0) is 44.2 Å². The number of hydrogen-bond acceptors (Lipinski definition) is 5. The van der Waals surface area contributed by atoms with E-state index >= 15 is 0 Å². The lowest BCUT2D eigenvalue weighted by Gasteiger charge is -2.33. The van der Waals surface area contributed by atoms with Gasteiger partial charge < -0.3 is 9.64 Å². The van der Waals surface area contributed by atoms with Gasteiger partial charge in [0.25, 0.3) is 0 Å². The normalized spacial score (nSPS) is 17.1. The zero-order chi connectivity index (χ0) is 18.8. The van der Waals surface area contributed by atoms with Gasteiger partial charge in [0.1, 0.15) is 11.9 Å². The highest BCUT2D eigenvalue weighted by Crippen LogP contribution is 2.26. The van der Waals surface area contributed by atoms with Gasteiger partial charge in [0.15, 0.2) is 0 Å². The summed E-state index contributed by atoms with van der Waals surface area (Å²) in [6.07, 6.45) is -0.184. The maximum absolute atomic E-state index is 13.5. The number of pyridine rings is 1. The summed E-state index contributed by atoms with van der Waals surface area (Å²) in [7, 11) is 0. The minimum absolute atomic E-state index is 0.184. The Morgan fingerprint density at radius 2 is 1.78 bits per heavy atom. The van der Waals surface area contributed by atoms with E-state index < -0.39 is 0 Å². The lowest BCUT2D eigenvalue weighted by Crippen LogP contribution is -2.39. The number of rotatable bonds is 3. The fourth-order valence-electron chi connectivity index (χ4n) is 3.30. The van der Waals surface area contributed by atoms with Crippen molar-refractivity contribution in [2.24, 2.45) is 0 Å². The Kier molecular flexibility index (Phi) is 4.81. The molecule has 0 unspecified atom stereocenters. The summed E-state index contributed by atoms with van der Waals surface area (Å²) in [5.74, 6) is 0.453. The molecule has 0 radical (unpaired) electrons. The number of ether oxygens (including phenoxy) is 1. The first kappa shape index (κ1) is 17.5. The molecule has 3 aromatic rings. The van der Waals surface area contributed by atoms with Crippen LogP contribution in [0.2, 0.25) is 0 Å². The Bertz CT molecular complexity index is 942. The van der Waals surface area contributed by atoms with Crippen LogP contribution in [-0.2, 0) is 4.74 Å². The first-order chi connectivity index (χ1) is 13.1. The van der Waals surface area contributed by atoms with Crippen LogP contribution < -0.4 is 4.90 Å². The van der Waals surface area contributed by atoms with Crippen LogP contribution in [0, 0.1) is 19.7 Å². The standard InChI is InChI=1S/C21H21FN4O/c1-14-11-15(2)24-21(23-14)26-9-10-27-20(13-26)19-8-4-7-18(25-19)16-5-3-6-17(22)12-16/h3-8,11-12,20H,9-10,13H2,1-2H3/t20-/m1/s1. The molecule has 1 aliphatic heterocycles. The molecule has 1 aliphatic rings. The molecule has 1 saturated heterocycles. The smallest absolute Gasteiger partial charge is 0.225 e. The van der Waals surface area contributed by atoms with Gasteiger partial charge in [-0.25, -0.2) is 19.3 Å². The topological polar surface area (TPSA) is 51.1 Å². The Morgan fingerprint density at radius 1 is 1.00 bits per heavy atom. The molecule has 0 N–H and O–H groups in total. The van der Waals surface area contributed by atoms with Crippen molar-refractivity contribution in [3.63, 3.8) is 0 Å². The highest BCUT2D eigenvalue weighted by atomic mass is 19.1. The minimum Gasteiger partial charge on any atom is -0.368 e. The second-order valence-corrected chi connectivity index (χ2v) is 6.71. The van der Waals surface area contributed by atoms with E-state index in [1.807, 2.05) is 44.2 Å². The van der Waals surface area contributed by atoms with Crippen molar-refractivity contribution in [2.75, 3.05) is 24.6 Å². The number of hydrogen-bond donors (Lipinski definition) is 0. The molecule has 6 heteroatoms. The molecule has 0 amide bonds. The average molecular weight is 364 g/mol. The van der Waals surface area contributed by atoms with Gasteiger partial charge in [0.05, 0.1) is 24.5 Å². The van der Waals surface area contributed by atoms with E-state index in [0.717, 1.165) is 40.8 Å². The van der Waals surface area contributed by atoms with E-state index in [-0.39, 0.29) is 11.9 Å². The SMILES string of the molecule is Cc1cc(C)nc(N2CCO[C@@H](c3cccc(-c4cccc(F)c4)n3)C2)n1. The van der Waals surface area contributed by atoms with Gasteiger partial charge in [-0.1, -0.05) is 18.2 Å². The maximum atomic E-state index is 13.5. The van der Waals surface area contributed by atoms with E-state index in [4.69, 9.17) is 9.72 Å². The van der Waals surface area contributed by atoms with Gasteiger partial charge in [0.2, 0.25) is 5.95 Å². The quantitative estimate of drug-likeness (QED) is 0.706. The van der Waals surface area contributed by atoms with Crippen LogP contribution in [0.15, 0.2) is 48.5 Å². The first-order valence-electron chi connectivity index (χ1n) is 9.00. The van der Waals surface area contributed by atoms with Crippen molar-refractivity contribution in [3.05, 3.63) is 71.4 Å². The fourth-order valence-corrected chi connectivity index (χ4v) is 3.30. The summed E-state index contributed by atoms with van der Waals surface area (Å²) >= 11 is 0. The minimum atomic E-state index is -0.272. The summed E-state index contributed by atoms with van der Waals surface area (Å²) in [6.45, 7) is 5.89. The van der Waals surface area contributed by atoms with Crippen LogP contribution in [0.4, 0.5) is 10.3 Å². The van der Waals surface area contributed by atoms with Crippen LogP contribution in [-0.4, -0.2) is 34.6 Å². The number of halogens is 1. The molecule has 3 heterocycles. The third kappa shape index (κ3) is 3.95. The van der Waals surface area contributed by atoms with E-state index in [1.54, 1.807) is 6.07 Å².